The van der Waals surface area contributed by atoms with Gasteiger partial charge in [-0.05, 0) is 42.5 Å². The summed E-state index contributed by atoms with van der Waals surface area (Å²) in [5, 5.41) is 4.48. The van der Waals surface area contributed by atoms with E-state index in [0.717, 1.165) is 0 Å². The van der Waals surface area contributed by atoms with Crippen molar-refractivity contribution < 1.29 is 9.59 Å². The molecule has 2 amide bonds. The fraction of sp³-hybridized carbons (Fsp3) is 0.167. The number of amidine groups is 1. The number of benzene rings is 2. The zero-order valence-electron chi connectivity index (χ0n) is 14.1. The van der Waals surface area contributed by atoms with E-state index < -0.39 is 5.25 Å². The van der Waals surface area contributed by atoms with Crippen molar-refractivity contribution >= 4 is 74.9 Å². The number of nitrogens with zero attached hydrogens (tertiary/aromatic N) is 2. The van der Waals surface area contributed by atoms with Crippen LogP contribution in [-0.2, 0) is 9.59 Å². The van der Waals surface area contributed by atoms with E-state index in [1.807, 2.05) is 0 Å². The summed E-state index contributed by atoms with van der Waals surface area (Å²) in [5.74, 6) is -0.555. The van der Waals surface area contributed by atoms with E-state index in [2.05, 4.69) is 10.3 Å². The molecule has 0 aromatic heterocycles. The van der Waals surface area contributed by atoms with E-state index in [9.17, 15) is 9.59 Å². The maximum atomic E-state index is 12.7. The van der Waals surface area contributed by atoms with Gasteiger partial charge in [-0.2, -0.15) is 0 Å². The average molecular weight is 443 g/mol. The molecule has 1 aliphatic heterocycles. The molecule has 0 saturated carbocycles. The van der Waals surface area contributed by atoms with Gasteiger partial charge >= 0.3 is 0 Å². The Balaban J connectivity index is 1.73. The number of amides is 2. The summed E-state index contributed by atoms with van der Waals surface area (Å²) in [6.07, 6.45) is 0.0864. The first-order chi connectivity index (χ1) is 12.9. The fourth-order valence-electron chi connectivity index (χ4n) is 2.58. The second-order valence-electron chi connectivity index (χ2n) is 5.67. The van der Waals surface area contributed by atoms with Gasteiger partial charge in [-0.3, -0.25) is 14.6 Å². The second kappa shape index (κ2) is 8.52. The molecule has 140 valence electrons. The van der Waals surface area contributed by atoms with Crippen LogP contribution in [0.2, 0.25) is 15.1 Å². The maximum absolute atomic E-state index is 12.7. The number of aliphatic imine (C=N–C) groups is 1. The fourth-order valence-corrected chi connectivity index (χ4v) is 4.22. The largest absolute Gasteiger partial charge is 0.335 e. The van der Waals surface area contributed by atoms with Crippen molar-refractivity contribution in [2.75, 3.05) is 17.3 Å². The number of rotatable bonds is 3. The SMILES string of the molecule is CN=C(Nc1cc(Cl)cc(Cl)c1)SC1CC(=O)N(c2ccc(Cl)cc2)C1=O. The van der Waals surface area contributed by atoms with Crippen LogP contribution >= 0.6 is 46.6 Å². The smallest absolute Gasteiger partial charge is 0.247 e. The molecule has 1 N–H and O–H groups in total. The Labute approximate surface area is 175 Å². The summed E-state index contributed by atoms with van der Waals surface area (Å²) >= 11 is 19.1. The monoisotopic (exact) mass is 441 g/mol. The van der Waals surface area contributed by atoms with Crippen molar-refractivity contribution in [3.05, 3.63) is 57.5 Å². The molecule has 1 fully saturated rings. The third-order valence-corrected chi connectivity index (χ3v) is 5.61. The van der Waals surface area contributed by atoms with Gasteiger partial charge in [0.05, 0.1) is 5.69 Å². The van der Waals surface area contributed by atoms with Crippen molar-refractivity contribution in [2.24, 2.45) is 4.99 Å². The minimum atomic E-state index is -0.575. The zero-order chi connectivity index (χ0) is 19.6. The molecule has 1 atom stereocenters. The minimum Gasteiger partial charge on any atom is -0.335 e. The van der Waals surface area contributed by atoms with Crippen LogP contribution in [0.5, 0.6) is 0 Å². The number of halogens is 3. The standard InChI is InChI=1S/C18H14Cl3N3O2S/c1-22-18(23-13-7-11(20)6-12(21)8-13)27-15-9-16(25)24(17(15)26)14-4-2-10(19)3-5-14/h2-8,15H,9H2,1H3,(H,22,23). The number of thioether (sulfide) groups is 1. The summed E-state index contributed by atoms with van der Waals surface area (Å²) in [7, 11) is 1.60. The molecular formula is C18H14Cl3N3O2S. The quantitative estimate of drug-likeness (QED) is 0.408. The molecule has 1 saturated heterocycles. The highest BCUT2D eigenvalue weighted by Crippen LogP contribution is 2.32. The van der Waals surface area contributed by atoms with Gasteiger partial charge < -0.3 is 5.32 Å². The molecule has 1 unspecified atom stereocenters. The first kappa shape index (κ1) is 20.0. The normalized spacial score (nSPS) is 17.6. The summed E-state index contributed by atoms with van der Waals surface area (Å²) in [5.41, 5.74) is 1.15. The lowest BCUT2D eigenvalue weighted by atomic mass is 10.3. The lowest BCUT2D eigenvalue weighted by molar-refractivity contribution is -0.121. The second-order valence-corrected chi connectivity index (χ2v) is 8.17. The predicted molar refractivity (Wildman–Crippen MR) is 113 cm³/mol. The summed E-state index contributed by atoms with van der Waals surface area (Å²) in [6, 6.07) is 11.6. The number of carbonyl (C=O) groups is 2. The molecule has 3 rings (SSSR count). The van der Waals surface area contributed by atoms with Crippen LogP contribution in [0.15, 0.2) is 47.5 Å². The lowest BCUT2D eigenvalue weighted by Gasteiger charge is -2.16. The van der Waals surface area contributed by atoms with Crippen LogP contribution in [0.3, 0.4) is 0 Å². The van der Waals surface area contributed by atoms with Gasteiger partial charge in [0.2, 0.25) is 11.8 Å². The van der Waals surface area contributed by atoms with Crippen LogP contribution in [0, 0.1) is 0 Å². The Morgan fingerprint density at radius 2 is 1.70 bits per heavy atom. The number of anilines is 2. The predicted octanol–water partition coefficient (Wildman–Crippen LogP) is 5.11. The molecule has 1 aliphatic rings. The van der Waals surface area contributed by atoms with E-state index in [1.54, 1.807) is 49.5 Å². The number of hydrogen-bond donors (Lipinski definition) is 1. The molecule has 0 radical (unpaired) electrons. The van der Waals surface area contributed by atoms with Crippen molar-refractivity contribution in [3.8, 4) is 0 Å². The highest BCUT2D eigenvalue weighted by molar-refractivity contribution is 8.15. The van der Waals surface area contributed by atoms with Gasteiger partial charge in [0.25, 0.3) is 0 Å². The Hall–Kier alpha value is -1.73. The third-order valence-electron chi connectivity index (χ3n) is 3.76. The van der Waals surface area contributed by atoms with Crippen LogP contribution in [0.4, 0.5) is 11.4 Å². The molecule has 9 heteroatoms. The van der Waals surface area contributed by atoms with E-state index in [0.29, 0.717) is 31.6 Å². The molecule has 2 aromatic carbocycles. The van der Waals surface area contributed by atoms with E-state index in [4.69, 9.17) is 34.8 Å². The molecule has 27 heavy (non-hydrogen) atoms. The number of carbonyl (C=O) groups excluding carboxylic acids is 2. The highest BCUT2D eigenvalue weighted by atomic mass is 35.5. The van der Waals surface area contributed by atoms with Crippen LogP contribution in [0.1, 0.15) is 6.42 Å². The van der Waals surface area contributed by atoms with Crippen molar-refractivity contribution in [1.29, 1.82) is 0 Å². The lowest BCUT2D eigenvalue weighted by Crippen LogP contribution is -2.31. The average Bonchev–Trinajstić information content (AvgIpc) is 2.88. The molecule has 2 aromatic rings. The first-order valence-corrected chi connectivity index (χ1v) is 9.87. The Kier molecular flexibility index (Phi) is 6.32. The highest BCUT2D eigenvalue weighted by Gasteiger charge is 2.40. The zero-order valence-corrected chi connectivity index (χ0v) is 17.2. The Morgan fingerprint density at radius 3 is 2.30 bits per heavy atom. The van der Waals surface area contributed by atoms with Gasteiger partial charge in [-0.1, -0.05) is 46.6 Å². The number of hydrogen-bond acceptors (Lipinski definition) is 4. The summed E-state index contributed by atoms with van der Waals surface area (Å²) in [6.45, 7) is 0. The number of nitrogens with one attached hydrogen (secondary N) is 1. The van der Waals surface area contributed by atoms with Gasteiger partial charge in [-0.25, -0.2) is 4.90 Å². The van der Waals surface area contributed by atoms with Gasteiger partial charge in [-0.15, -0.1) is 0 Å². The van der Waals surface area contributed by atoms with E-state index >= 15 is 0 Å². The Bertz CT molecular complexity index is 898. The third kappa shape index (κ3) is 4.76. The van der Waals surface area contributed by atoms with Crippen LogP contribution in [-0.4, -0.2) is 29.3 Å². The summed E-state index contributed by atoms with van der Waals surface area (Å²) < 4.78 is 0. The minimum absolute atomic E-state index is 0.0864. The van der Waals surface area contributed by atoms with Crippen LogP contribution in [0.25, 0.3) is 0 Å². The summed E-state index contributed by atoms with van der Waals surface area (Å²) in [4.78, 5) is 30.4. The molecule has 0 bridgehead atoms. The number of imide groups is 1. The van der Waals surface area contributed by atoms with Crippen molar-refractivity contribution in [1.82, 2.24) is 0 Å². The van der Waals surface area contributed by atoms with E-state index in [1.165, 1.54) is 16.7 Å². The van der Waals surface area contributed by atoms with Crippen molar-refractivity contribution in [2.45, 2.75) is 11.7 Å². The topological polar surface area (TPSA) is 61.8 Å². The van der Waals surface area contributed by atoms with Gasteiger partial charge in [0.1, 0.15) is 5.25 Å². The molecular weight excluding hydrogens is 429 g/mol. The molecule has 0 spiro atoms. The van der Waals surface area contributed by atoms with Gasteiger partial charge in [0.15, 0.2) is 5.17 Å². The Morgan fingerprint density at radius 1 is 1.07 bits per heavy atom. The molecule has 1 heterocycles. The molecule has 5 nitrogen and oxygen atoms in total. The van der Waals surface area contributed by atoms with Crippen LogP contribution < -0.4 is 10.2 Å². The first-order valence-electron chi connectivity index (χ1n) is 7.86. The van der Waals surface area contributed by atoms with Crippen molar-refractivity contribution in [3.63, 3.8) is 0 Å². The maximum Gasteiger partial charge on any atom is 0.247 e. The molecule has 0 aliphatic carbocycles. The van der Waals surface area contributed by atoms with E-state index in [-0.39, 0.29) is 18.2 Å². The van der Waals surface area contributed by atoms with Gasteiger partial charge in [0, 0.05) is 34.2 Å².